The first kappa shape index (κ1) is 17.0. The number of rotatable bonds is 3. The minimum Gasteiger partial charge on any atom is -0.368 e. The van der Waals surface area contributed by atoms with Crippen molar-refractivity contribution in [1.82, 2.24) is 20.1 Å². The molecule has 0 atom stereocenters. The number of amides is 2. The Hall–Kier alpha value is -3.42. The van der Waals surface area contributed by atoms with Crippen molar-refractivity contribution in [2.45, 2.75) is 0 Å². The van der Waals surface area contributed by atoms with Gasteiger partial charge in [0.1, 0.15) is 5.82 Å². The van der Waals surface area contributed by atoms with Crippen molar-refractivity contribution >= 4 is 17.5 Å². The number of hydrogen-bond donors (Lipinski definition) is 2. The Morgan fingerprint density at radius 2 is 1.85 bits per heavy atom. The Bertz CT molecular complexity index is 903. The molecule has 0 saturated carbocycles. The number of benzene rings is 1. The number of halogens is 1. The summed E-state index contributed by atoms with van der Waals surface area (Å²) in [6.07, 6.45) is 1.70. The van der Waals surface area contributed by atoms with Gasteiger partial charge in [0, 0.05) is 44.1 Å². The molecule has 27 heavy (non-hydrogen) atoms. The lowest BCUT2D eigenvalue weighted by Crippen LogP contribution is -2.50. The molecule has 0 spiro atoms. The van der Waals surface area contributed by atoms with E-state index in [1.54, 1.807) is 29.3 Å². The van der Waals surface area contributed by atoms with E-state index in [9.17, 15) is 9.18 Å². The number of H-pyrrole nitrogens is 1. The number of carbonyl (C=O) groups excluding carboxylic acids is 1. The number of nitrogens with one attached hydrogen (secondary N) is 2. The van der Waals surface area contributed by atoms with Gasteiger partial charge in [-0.05, 0) is 36.4 Å². The zero-order valence-electron chi connectivity index (χ0n) is 14.6. The first-order valence-corrected chi connectivity index (χ1v) is 8.72. The molecule has 1 aliphatic rings. The summed E-state index contributed by atoms with van der Waals surface area (Å²) < 4.78 is 13.0. The molecular formula is C19H19FN6O. The van der Waals surface area contributed by atoms with E-state index in [-0.39, 0.29) is 11.8 Å². The third kappa shape index (κ3) is 3.89. The third-order valence-corrected chi connectivity index (χ3v) is 4.51. The zero-order valence-corrected chi connectivity index (χ0v) is 14.6. The molecule has 2 aromatic heterocycles. The number of nitrogens with zero attached hydrogens (tertiary/aromatic N) is 4. The molecule has 0 unspecified atom stereocenters. The number of carbonyl (C=O) groups is 1. The minimum atomic E-state index is -0.249. The number of aromatic amines is 1. The van der Waals surface area contributed by atoms with Crippen LogP contribution in [0.2, 0.25) is 0 Å². The average molecular weight is 366 g/mol. The second kappa shape index (κ2) is 7.45. The predicted molar refractivity (Wildman–Crippen MR) is 101 cm³/mol. The van der Waals surface area contributed by atoms with Gasteiger partial charge in [-0.3, -0.25) is 15.4 Å². The highest BCUT2D eigenvalue weighted by atomic mass is 19.1. The van der Waals surface area contributed by atoms with Crippen molar-refractivity contribution in [2.75, 3.05) is 36.4 Å². The van der Waals surface area contributed by atoms with E-state index >= 15 is 0 Å². The van der Waals surface area contributed by atoms with E-state index in [2.05, 4.69) is 25.4 Å². The van der Waals surface area contributed by atoms with E-state index < -0.39 is 0 Å². The average Bonchev–Trinajstić information content (AvgIpc) is 3.18. The third-order valence-electron chi connectivity index (χ3n) is 4.51. The fourth-order valence-corrected chi connectivity index (χ4v) is 3.05. The first-order chi connectivity index (χ1) is 13.2. The summed E-state index contributed by atoms with van der Waals surface area (Å²) in [5, 5.41) is 9.82. The van der Waals surface area contributed by atoms with Gasteiger partial charge >= 0.3 is 6.03 Å². The molecular weight excluding hydrogens is 347 g/mol. The van der Waals surface area contributed by atoms with Gasteiger partial charge in [0.15, 0.2) is 5.82 Å². The molecule has 138 valence electrons. The Morgan fingerprint density at radius 3 is 2.56 bits per heavy atom. The molecule has 0 bridgehead atoms. The van der Waals surface area contributed by atoms with Crippen LogP contribution in [0, 0.1) is 5.82 Å². The van der Waals surface area contributed by atoms with Gasteiger partial charge in [-0.2, -0.15) is 5.10 Å². The molecule has 4 rings (SSSR count). The number of aromatic nitrogens is 3. The van der Waals surface area contributed by atoms with Crippen LogP contribution in [0.25, 0.3) is 11.4 Å². The highest BCUT2D eigenvalue weighted by Crippen LogP contribution is 2.19. The number of pyridine rings is 1. The molecule has 1 aromatic carbocycles. The van der Waals surface area contributed by atoms with Gasteiger partial charge in [-0.15, -0.1) is 0 Å². The van der Waals surface area contributed by atoms with Gasteiger partial charge in [0.05, 0.1) is 11.4 Å². The lowest BCUT2D eigenvalue weighted by molar-refractivity contribution is 0.208. The molecule has 8 heteroatoms. The van der Waals surface area contributed by atoms with Crippen LogP contribution in [0.4, 0.5) is 20.7 Å². The SMILES string of the molecule is O=C(Nc1cc(-c2ccccn2)[nH]n1)N1CCN(c2ccc(F)cc2)CC1. The van der Waals surface area contributed by atoms with Crippen LogP contribution in [0.15, 0.2) is 54.7 Å². The smallest absolute Gasteiger partial charge is 0.323 e. The van der Waals surface area contributed by atoms with Crippen LogP contribution in [0.5, 0.6) is 0 Å². The van der Waals surface area contributed by atoms with Crippen molar-refractivity contribution in [3.63, 3.8) is 0 Å². The van der Waals surface area contributed by atoms with Crippen LogP contribution in [-0.4, -0.2) is 52.3 Å². The maximum Gasteiger partial charge on any atom is 0.323 e. The van der Waals surface area contributed by atoms with Crippen LogP contribution in [0.3, 0.4) is 0 Å². The lowest BCUT2D eigenvalue weighted by atomic mass is 10.2. The summed E-state index contributed by atoms with van der Waals surface area (Å²) in [6.45, 7) is 2.55. The standard InChI is InChI=1S/C19H19FN6O/c20-14-4-6-15(7-5-14)25-9-11-26(12-10-25)19(27)22-18-13-17(23-24-18)16-3-1-2-8-21-16/h1-8,13H,9-12H2,(H2,22,23,24,27). The molecule has 1 aliphatic heterocycles. The molecule has 1 fully saturated rings. The number of piperazine rings is 1. The Balaban J connectivity index is 1.33. The van der Waals surface area contributed by atoms with Gasteiger partial charge in [-0.25, -0.2) is 9.18 Å². The zero-order chi connectivity index (χ0) is 18.6. The Morgan fingerprint density at radius 1 is 1.07 bits per heavy atom. The maximum atomic E-state index is 13.0. The molecule has 2 amide bonds. The highest BCUT2D eigenvalue weighted by Gasteiger charge is 2.22. The predicted octanol–water partition coefficient (Wildman–Crippen LogP) is 2.96. The first-order valence-electron chi connectivity index (χ1n) is 8.72. The number of anilines is 2. The fourth-order valence-electron chi connectivity index (χ4n) is 3.05. The van der Waals surface area contributed by atoms with Gasteiger partial charge in [0.2, 0.25) is 0 Å². The topological polar surface area (TPSA) is 77.1 Å². The maximum absolute atomic E-state index is 13.0. The molecule has 1 saturated heterocycles. The minimum absolute atomic E-state index is 0.187. The van der Waals surface area contributed by atoms with Gasteiger partial charge in [-0.1, -0.05) is 6.07 Å². The van der Waals surface area contributed by atoms with Crippen molar-refractivity contribution in [3.05, 3.63) is 60.5 Å². The summed E-state index contributed by atoms with van der Waals surface area (Å²) in [6, 6.07) is 13.6. The number of urea groups is 1. The van der Waals surface area contributed by atoms with Crippen molar-refractivity contribution < 1.29 is 9.18 Å². The molecule has 7 nitrogen and oxygen atoms in total. The van der Waals surface area contributed by atoms with Crippen molar-refractivity contribution in [2.24, 2.45) is 0 Å². The van der Waals surface area contributed by atoms with Crippen LogP contribution in [-0.2, 0) is 0 Å². The van der Waals surface area contributed by atoms with Gasteiger partial charge in [0.25, 0.3) is 0 Å². The van der Waals surface area contributed by atoms with E-state index in [0.717, 1.165) is 17.1 Å². The summed E-state index contributed by atoms with van der Waals surface area (Å²) >= 11 is 0. The second-order valence-electron chi connectivity index (χ2n) is 6.26. The molecule has 3 heterocycles. The monoisotopic (exact) mass is 366 g/mol. The second-order valence-corrected chi connectivity index (χ2v) is 6.26. The number of hydrogen-bond acceptors (Lipinski definition) is 4. The fraction of sp³-hybridized carbons (Fsp3) is 0.211. The summed E-state index contributed by atoms with van der Waals surface area (Å²) in [7, 11) is 0. The molecule has 3 aromatic rings. The summed E-state index contributed by atoms with van der Waals surface area (Å²) in [4.78, 5) is 20.6. The summed E-state index contributed by atoms with van der Waals surface area (Å²) in [5.74, 6) is 0.211. The largest absolute Gasteiger partial charge is 0.368 e. The van der Waals surface area contributed by atoms with Crippen LogP contribution in [0.1, 0.15) is 0 Å². The van der Waals surface area contributed by atoms with E-state index in [1.165, 1.54) is 12.1 Å². The normalized spacial score (nSPS) is 14.3. The van der Waals surface area contributed by atoms with Crippen LogP contribution < -0.4 is 10.2 Å². The van der Waals surface area contributed by atoms with E-state index in [1.807, 2.05) is 18.2 Å². The highest BCUT2D eigenvalue weighted by molar-refractivity contribution is 5.89. The molecule has 0 aliphatic carbocycles. The Labute approximate surface area is 155 Å². The quantitative estimate of drug-likeness (QED) is 0.747. The lowest BCUT2D eigenvalue weighted by Gasteiger charge is -2.35. The summed E-state index contributed by atoms with van der Waals surface area (Å²) in [5.41, 5.74) is 2.47. The van der Waals surface area contributed by atoms with Crippen LogP contribution >= 0.6 is 0 Å². The van der Waals surface area contributed by atoms with Crippen molar-refractivity contribution in [1.29, 1.82) is 0 Å². The van der Waals surface area contributed by atoms with E-state index in [4.69, 9.17) is 0 Å². The van der Waals surface area contributed by atoms with E-state index in [0.29, 0.717) is 32.0 Å². The molecule has 2 N–H and O–H groups in total. The van der Waals surface area contributed by atoms with Crippen molar-refractivity contribution in [3.8, 4) is 11.4 Å². The molecule has 0 radical (unpaired) electrons. The van der Waals surface area contributed by atoms with Gasteiger partial charge < -0.3 is 9.80 Å². The Kier molecular flexibility index (Phi) is 4.69.